The van der Waals surface area contributed by atoms with Crippen molar-refractivity contribution in [3.63, 3.8) is 0 Å². The summed E-state index contributed by atoms with van der Waals surface area (Å²) in [5, 5.41) is 0. The molecule has 0 fully saturated rings. The molecule has 0 N–H and O–H groups in total. The van der Waals surface area contributed by atoms with E-state index in [-0.39, 0.29) is 0 Å². The molecule has 176 valence electrons. The van der Waals surface area contributed by atoms with Gasteiger partial charge in [0.05, 0.1) is 13.2 Å². The van der Waals surface area contributed by atoms with Gasteiger partial charge in [-0.2, -0.15) is 0 Å². The van der Waals surface area contributed by atoms with Crippen molar-refractivity contribution in [1.82, 2.24) is 0 Å². The lowest BCUT2D eigenvalue weighted by atomic mass is 10.1. The molecule has 0 saturated carbocycles. The summed E-state index contributed by atoms with van der Waals surface area (Å²) < 4.78 is 22.6. The molecule has 0 saturated heterocycles. The molecule has 0 aromatic carbocycles. The lowest BCUT2D eigenvalue weighted by Gasteiger charge is -2.11. The molecule has 0 aromatic rings. The first kappa shape index (κ1) is 29.4. The smallest absolute Gasteiger partial charge is 0.297 e. The highest BCUT2D eigenvalue weighted by Crippen LogP contribution is 2.53. The molecule has 0 aliphatic heterocycles. The van der Waals surface area contributed by atoms with Gasteiger partial charge in [0.2, 0.25) is 0 Å². The van der Waals surface area contributed by atoms with Crippen molar-refractivity contribution in [3.8, 4) is 0 Å². The van der Waals surface area contributed by atoms with Gasteiger partial charge in [0.15, 0.2) is 0 Å². The van der Waals surface area contributed by atoms with Gasteiger partial charge in [0.25, 0.3) is 0 Å². The fraction of sp³-hybridized carbons (Fsp3) is 1.00. The largest absolute Gasteiger partial charge is 0.424 e. The lowest BCUT2D eigenvalue weighted by Crippen LogP contribution is -1.96. The second-order valence-corrected chi connectivity index (χ2v) is 11.1. The molecule has 0 aliphatic rings. The molecule has 0 rings (SSSR count). The maximum Gasteiger partial charge on any atom is 0.424 e. The topological polar surface area (TPSA) is 35.5 Å². The molecular weight excluding hydrogens is 403 g/mol. The summed E-state index contributed by atoms with van der Waals surface area (Å²) in [4.78, 5) is 0. The van der Waals surface area contributed by atoms with Crippen LogP contribution in [0.25, 0.3) is 0 Å². The number of rotatable bonds is 24. The molecule has 3 nitrogen and oxygen atoms in total. The normalized spacial score (nSPS) is 12.0. The summed E-state index contributed by atoms with van der Waals surface area (Å²) in [6.45, 7) is 2.01. The van der Waals surface area contributed by atoms with E-state index in [9.17, 15) is 4.57 Å². The van der Waals surface area contributed by atoms with Gasteiger partial charge < -0.3 is 0 Å². The van der Waals surface area contributed by atoms with Crippen molar-refractivity contribution in [2.24, 2.45) is 0 Å². The van der Waals surface area contributed by atoms with Crippen LogP contribution in [0.3, 0.4) is 0 Å². The summed E-state index contributed by atoms with van der Waals surface area (Å²) in [6, 6.07) is 0. The van der Waals surface area contributed by atoms with Gasteiger partial charge in [0, 0.05) is 11.2 Å². The van der Waals surface area contributed by atoms with Crippen LogP contribution in [0.1, 0.15) is 142 Å². The van der Waals surface area contributed by atoms with E-state index in [1.165, 1.54) is 103 Å². The molecule has 0 atom stereocenters. The van der Waals surface area contributed by atoms with Crippen molar-refractivity contribution >= 4 is 18.2 Å². The van der Waals surface area contributed by atoms with Crippen LogP contribution in [0, 0.1) is 0 Å². The highest BCUT2D eigenvalue weighted by atomic mass is 35.7. The Labute approximate surface area is 187 Å². The molecule has 0 spiro atoms. The van der Waals surface area contributed by atoms with E-state index in [4.69, 9.17) is 20.3 Å². The average molecular weight is 453 g/mol. The van der Waals surface area contributed by atoms with E-state index in [0.29, 0.717) is 13.2 Å². The molecule has 0 bridgehead atoms. The lowest BCUT2D eigenvalue weighted by molar-refractivity contribution is 0.211. The summed E-state index contributed by atoms with van der Waals surface area (Å²) in [7, 11) is 0. The summed E-state index contributed by atoms with van der Waals surface area (Å²) in [6.07, 6.45) is 25.4. The van der Waals surface area contributed by atoms with Gasteiger partial charge in [-0.05, 0) is 12.8 Å². The Morgan fingerprint density at radius 3 is 1.00 bits per heavy atom. The maximum absolute atomic E-state index is 12.1. The van der Waals surface area contributed by atoms with Crippen LogP contribution in [0.4, 0.5) is 0 Å². The number of unbranched alkanes of at least 4 members (excludes halogenated alkanes) is 18. The number of hydrogen-bond donors (Lipinski definition) is 0. The zero-order valence-corrected chi connectivity index (χ0v) is 21.3. The molecule has 0 heterocycles. The first-order chi connectivity index (χ1) is 14.1. The van der Waals surface area contributed by atoms with Gasteiger partial charge in [-0.3, -0.25) is 9.05 Å². The van der Waals surface area contributed by atoms with Crippen LogP contribution in [-0.2, 0) is 13.6 Å². The number of halogens is 1. The molecule has 29 heavy (non-hydrogen) atoms. The van der Waals surface area contributed by atoms with Crippen molar-refractivity contribution in [2.75, 3.05) is 13.2 Å². The average Bonchev–Trinajstić information content (AvgIpc) is 2.70. The minimum atomic E-state index is -3.37. The minimum absolute atomic E-state index is 0.440. The second-order valence-electron chi connectivity index (χ2n) is 8.46. The molecule has 0 amide bonds. The molecule has 0 aromatic heterocycles. The second kappa shape index (κ2) is 23.1. The van der Waals surface area contributed by atoms with Crippen LogP contribution < -0.4 is 0 Å². The zero-order chi connectivity index (χ0) is 21.5. The van der Waals surface area contributed by atoms with E-state index in [1.54, 1.807) is 0 Å². The van der Waals surface area contributed by atoms with Crippen LogP contribution in [0.15, 0.2) is 0 Å². The van der Waals surface area contributed by atoms with Gasteiger partial charge in [-0.1, -0.05) is 129 Å². The Kier molecular flexibility index (Phi) is 23.5. The van der Waals surface area contributed by atoms with Crippen molar-refractivity contribution in [2.45, 2.75) is 142 Å². The third-order valence-corrected chi connectivity index (χ3v) is 7.05. The quantitative estimate of drug-likeness (QED) is 0.108. The van der Waals surface area contributed by atoms with Gasteiger partial charge in [-0.15, -0.1) is 0 Å². The van der Waals surface area contributed by atoms with Crippen LogP contribution in [0.2, 0.25) is 0 Å². The van der Waals surface area contributed by atoms with E-state index < -0.39 is 6.95 Å². The third-order valence-electron chi connectivity index (χ3n) is 5.49. The number of hydrogen-bond acceptors (Lipinski definition) is 3. The Morgan fingerprint density at radius 2 is 0.724 bits per heavy atom. The molecule has 0 unspecified atom stereocenters. The fourth-order valence-electron chi connectivity index (χ4n) is 3.56. The van der Waals surface area contributed by atoms with E-state index in [0.717, 1.165) is 25.7 Å². The molecule has 5 heteroatoms. The molecule has 0 radical (unpaired) electrons. The van der Waals surface area contributed by atoms with Crippen molar-refractivity contribution in [3.05, 3.63) is 0 Å². The van der Waals surface area contributed by atoms with Gasteiger partial charge in [0.1, 0.15) is 0 Å². The zero-order valence-electron chi connectivity index (χ0n) is 19.6. The van der Waals surface area contributed by atoms with Crippen LogP contribution >= 0.6 is 18.2 Å². The fourth-order valence-corrected chi connectivity index (χ4v) is 4.75. The highest BCUT2D eigenvalue weighted by molar-refractivity contribution is 7.81. The Balaban J connectivity index is 3.31. The Hall–Kier alpha value is 0.440. The third kappa shape index (κ3) is 24.6. The van der Waals surface area contributed by atoms with Gasteiger partial charge >= 0.3 is 6.95 Å². The van der Waals surface area contributed by atoms with E-state index in [2.05, 4.69) is 13.8 Å². The molecular formula is C24H50ClO3P. The Morgan fingerprint density at radius 1 is 0.483 bits per heavy atom. The van der Waals surface area contributed by atoms with Crippen molar-refractivity contribution in [1.29, 1.82) is 0 Å². The van der Waals surface area contributed by atoms with Crippen LogP contribution in [-0.4, -0.2) is 13.2 Å². The van der Waals surface area contributed by atoms with E-state index >= 15 is 0 Å². The van der Waals surface area contributed by atoms with Gasteiger partial charge in [-0.25, -0.2) is 4.57 Å². The Bertz CT molecular complexity index is 336. The SMILES string of the molecule is CCCCCCCCCCCCOP(=O)(Cl)OCCCCCCCCCCCC. The van der Waals surface area contributed by atoms with Crippen LogP contribution in [0.5, 0.6) is 0 Å². The van der Waals surface area contributed by atoms with E-state index in [1.807, 2.05) is 0 Å². The first-order valence-electron chi connectivity index (χ1n) is 12.7. The summed E-state index contributed by atoms with van der Waals surface area (Å²) in [5.74, 6) is 0. The minimum Gasteiger partial charge on any atom is -0.297 e. The first-order valence-corrected chi connectivity index (χ1v) is 15.2. The maximum atomic E-state index is 12.1. The predicted molar refractivity (Wildman–Crippen MR) is 129 cm³/mol. The highest BCUT2D eigenvalue weighted by Gasteiger charge is 2.19. The summed E-state index contributed by atoms with van der Waals surface area (Å²) >= 11 is 5.89. The monoisotopic (exact) mass is 452 g/mol. The molecule has 0 aliphatic carbocycles. The standard InChI is InChI=1S/C24H50ClO3P/c1-3-5-7-9-11-13-15-17-19-21-23-27-29(25,26)28-24-22-20-18-16-14-12-10-8-6-4-2/h3-24H2,1-2H3. The summed E-state index contributed by atoms with van der Waals surface area (Å²) in [5.41, 5.74) is 0. The predicted octanol–water partition coefficient (Wildman–Crippen LogP) is 10.2. The van der Waals surface area contributed by atoms with Crippen molar-refractivity contribution < 1.29 is 13.6 Å².